The number of hydrogen-bond acceptors (Lipinski definition) is 3. The maximum atomic E-state index is 11.4. The van der Waals surface area contributed by atoms with Crippen LogP contribution in [0.15, 0.2) is 0 Å². The van der Waals surface area contributed by atoms with Gasteiger partial charge in [0.2, 0.25) is 0 Å². The number of nitrogens with two attached hydrogens (primary N) is 1. The van der Waals surface area contributed by atoms with Crippen molar-refractivity contribution in [3.8, 4) is 0 Å². The van der Waals surface area contributed by atoms with E-state index in [2.05, 4.69) is 0 Å². The molecule has 0 aromatic heterocycles. The first-order valence-electron chi connectivity index (χ1n) is 4.65. The molecule has 12 heavy (non-hydrogen) atoms. The van der Waals surface area contributed by atoms with Gasteiger partial charge in [-0.15, -0.1) is 0 Å². The van der Waals surface area contributed by atoms with Gasteiger partial charge >= 0.3 is 0 Å². The summed E-state index contributed by atoms with van der Waals surface area (Å²) >= 11 is 0. The molecule has 0 aliphatic carbocycles. The highest BCUT2D eigenvalue weighted by Crippen LogP contribution is 2.16. The standard InChI is InChI=1S/C9H17NO2/c10-5-1-4-9(11)8-3-2-6-12-7-8/h8H,1-7,10H2. The van der Waals surface area contributed by atoms with Crippen molar-refractivity contribution >= 4 is 5.78 Å². The van der Waals surface area contributed by atoms with Crippen LogP contribution in [0.4, 0.5) is 0 Å². The number of rotatable bonds is 4. The molecule has 1 fully saturated rings. The number of ketones is 1. The quantitative estimate of drug-likeness (QED) is 0.678. The molecule has 1 heterocycles. The minimum absolute atomic E-state index is 0.158. The van der Waals surface area contributed by atoms with Crippen LogP contribution in [-0.2, 0) is 9.53 Å². The summed E-state index contributed by atoms with van der Waals surface area (Å²) in [6, 6.07) is 0. The maximum absolute atomic E-state index is 11.4. The first kappa shape index (κ1) is 9.68. The zero-order valence-electron chi connectivity index (χ0n) is 7.42. The summed E-state index contributed by atoms with van der Waals surface area (Å²) in [5.41, 5.74) is 5.32. The minimum Gasteiger partial charge on any atom is -0.381 e. The number of ether oxygens (including phenoxy) is 1. The predicted octanol–water partition coefficient (Wildman–Crippen LogP) is 0.721. The van der Waals surface area contributed by atoms with E-state index in [1.807, 2.05) is 0 Å². The van der Waals surface area contributed by atoms with Crippen LogP contribution in [0.5, 0.6) is 0 Å². The molecule has 0 radical (unpaired) electrons. The molecular weight excluding hydrogens is 154 g/mol. The molecule has 3 heteroatoms. The van der Waals surface area contributed by atoms with E-state index in [0.29, 0.717) is 25.4 Å². The molecule has 1 rings (SSSR count). The SMILES string of the molecule is NCCCC(=O)C1CCCOC1. The molecule has 2 N–H and O–H groups in total. The fourth-order valence-electron chi connectivity index (χ4n) is 1.48. The highest BCUT2D eigenvalue weighted by Gasteiger charge is 2.20. The normalized spacial score (nSPS) is 23.9. The molecule has 1 unspecified atom stereocenters. The van der Waals surface area contributed by atoms with Gasteiger partial charge in [0.1, 0.15) is 5.78 Å². The van der Waals surface area contributed by atoms with E-state index in [0.717, 1.165) is 25.9 Å². The topological polar surface area (TPSA) is 52.3 Å². The largest absolute Gasteiger partial charge is 0.381 e. The Morgan fingerprint density at radius 2 is 2.42 bits per heavy atom. The molecule has 1 atom stereocenters. The minimum atomic E-state index is 0.158. The molecule has 0 aromatic carbocycles. The summed E-state index contributed by atoms with van der Waals surface area (Å²) in [7, 11) is 0. The van der Waals surface area contributed by atoms with Gasteiger partial charge in [-0.1, -0.05) is 0 Å². The first-order valence-corrected chi connectivity index (χ1v) is 4.65. The smallest absolute Gasteiger partial charge is 0.138 e. The Kier molecular flexibility index (Phi) is 4.25. The van der Waals surface area contributed by atoms with E-state index in [1.54, 1.807) is 0 Å². The fourth-order valence-corrected chi connectivity index (χ4v) is 1.48. The molecule has 0 bridgehead atoms. The Balaban J connectivity index is 2.20. The van der Waals surface area contributed by atoms with Gasteiger partial charge in [0.05, 0.1) is 6.61 Å². The molecule has 1 saturated heterocycles. The van der Waals surface area contributed by atoms with Crippen LogP contribution >= 0.6 is 0 Å². The lowest BCUT2D eigenvalue weighted by molar-refractivity contribution is -0.126. The molecule has 0 spiro atoms. The van der Waals surface area contributed by atoms with E-state index in [-0.39, 0.29) is 5.92 Å². The summed E-state index contributed by atoms with van der Waals surface area (Å²) in [6.45, 7) is 2.06. The molecule has 0 amide bonds. The number of Topliss-reactive ketones (excluding diaryl/α,β-unsaturated/α-hetero) is 1. The average Bonchev–Trinajstić information content (AvgIpc) is 2.15. The zero-order chi connectivity index (χ0) is 8.81. The second-order valence-corrected chi connectivity index (χ2v) is 3.27. The Hall–Kier alpha value is -0.410. The van der Waals surface area contributed by atoms with Crippen LogP contribution in [0.25, 0.3) is 0 Å². The Morgan fingerprint density at radius 1 is 1.58 bits per heavy atom. The molecule has 1 aliphatic heterocycles. The summed E-state index contributed by atoms with van der Waals surface area (Å²) in [4.78, 5) is 11.4. The second-order valence-electron chi connectivity index (χ2n) is 3.27. The number of carbonyl (C=O) groups excluding carboxylic acids is 1. The third-order valence-corrected chi connectivity index (χ3v) is 2.24. The average molecular weight is 171 g/mol. The van der Waals surface area contributed by atoms with Crippen molar-refractivity contribution in [1.29, 1.82) is 0 Å². The highest BCUT2D eigenvalue weighted by atomic mass is 16.5. The maximum Gasteiger partial charge on any atom is 0.138 e. The van der Waals surface area contributed by atoms with E-state index < -0.39 is 0 Å². The van der Waals surface area contributed by atoms with Crippen LogP contribution in [0.1, 0.15) is 25.7 Å². The van der Waals surface area contributed by atoms with Gasteiger partial charge in [-0.25, -0.2) is 0 Å². The molecule has 0 saturated carbocycles. The van der Waals surface area contributed by atoms with Crippen molar-refractivity contribution in [2.75, 3.05) is 19.8 Å². The Labute approximate surface area is 73.3 Å². The summed E-state index contributed by atoms with van der Waals surface area (Å²) in [5, 5.41) is 0. The third-order valence-electron chi connectivity index (χ3n) is 2.24. The monoisotopic (exact) mass is 171 g/mol. The van der Waals surface area contributed by atoms with Gasteiger partial charge in [-0.05, 0) is 25.8 Å². The van der Waals surface area contributed by atoms with Crippen LogP contribution < -0.4 is 5.73 Å². The molecular formula is C9H17NO2. The van der Waals surface area contributed by atoms with Crippen molar-refractivity contribution in [2.45, 2.75) is 25.7 Å². The fraction of sp³-hybridized carbons (Fsp3) is 0.889. The van der Waals surface area contributed by atoms with Gasteiger partial charge in [0.25, 0.3) is 0 Å². The van der Waals surface area contributed by atoms with Crippen molar-refractivity contribution in [2.24, 2.45) is 11.7 Å². The number of carbonyl (C=O) groups is 1. The predicted molar refractivity (Wildman–Crippen MR) is 46.8 cm³/mol. The molecule has 1 aliphatic rings. The molecule has 70 valence electrons. The van der Waals surface area contributed by atoms with E-state index in [1.165, 1.54) is 0 Å². The van der Waals surface area contributed by atoms with Gasteiger partial charge < -0.3 is 10.5 Å². The molecule has 0 aromatic rings. The lowest BCUT2D eigenvalue weighted by atomic mass is 9.95. The number of hydrogen-bond donors (Lipinski definition) is 1. The van der Waals surface area contributed by atoms with E-state index >= 15 is 0 Å². The zero-order valence-corrected chi connectivity index (χ0v) is 7.42. The van der Waals surface area contributed by atoms with Crippen molar-refractivity contribution < 1.29 is 9.53 Å². The first-order chi connectivity index (χ1) is 5.84. The van der Waals surface area contributed by atoms with E-state index in [9.17, 15) is 4.79 Å². The van der Waals surface area contributed by atoms with Crippen molar-refractivity contribution in [1.82, 2.24) is 0 Å². The van der Waals surface area contributed by atoms with Crippen LogP contribution in [0, 0.1) is 5.92 Å². The van der Waals surface area contributed by atoms with E-state index in [4.69, 9.17) is 10.5 Å². The lowest BCUT2D eigenvalue weighted by Gasteiger charge is -2.20. The third kappa shape index (κ3) is 2.91. The van der Waals surface area contributed by atoms with Crippen LogP contribution in [0.3, 0.4) is 0 Å². The highest BCUT2D eigenvalue weighted by molar-refractivity contribution is 5.81. The summed E-state index contributed by atoms with van der Waals surface area (Å²) < 4.78 is 5.23. The Morgan fingerprint density at radius 3 is 3.00 bits per heavy atom. The van der Waals surface area contributed by atoms with Crippen LogP contribution in [0.2, 0.25) is 0 Å². The lowest BCUT2D eigenvalue weighted by Crippen LogP contribution is -2.25. The van der Waals surface area contributed by atoms with Gasteiger partial charge in [0.15, 0.2) is 0 Å². The second kappa shape index (κ2) is 5.27. The van der Waals surface area contributed by atoms with Crippen LogP contribution in [-0.4, -0.2) is 25.5 Å². The van der Waals surface area contributed by atoms with Gasteiger partial charge in [-0.3, -0.25) is 4.79 Å². The molecule has 3 nitrogen and oxygen atoms in total. The van der Waals surface area contributed by atoms with Crippen molar-refractivity contribution in [3.63, 3.8) is 0 Å². The van der Waals surface area contributed by atoms with Crippen molar-refractivity contribution in [3.05, 3.63) is 0 Å². The Bertz CT molecular complexity index is 141. The summed E-state index contributed by atoms with van der Waals surface area (Å²) in [5.74, 6) is 0.491. The van der Waals surface area contributed by atoms with Gasteiger partial charge in [0, 0.05) is 18.9 Å². The summed E-state index contributed by atoms with van der Waals surface area (Å²) in [6.07, 6.45) is 3.47. The van der Waals surface area contributed by atoms with Gasteiger partial charge in [-0.2, -0.15) is 0 Å².